The molecule has 0 heterocycles. The lowest BCUT2D eigenvalue weighted by Gasteiger charge is -2.63. The second-order valence-electron chi connectivity index (χ2n) is 10.8. The number of rotatable bonds is 4. The number of ketones is 2. The van der Waals surface area contributed by atoms with Crippen molar-refractivity contribution in [1.82, 2.24) is 0 Å². The van der Waals surface area contributed by atoms with Gasteiger partial charge in [0.05, 0.1) is 11.1 Å². The van der Waals surface area contributed by atoms with Gasteiger partial charge in [0.1, 0.15) is 12.8 Å². The van der Waals surface area contributed by atoms with E-state index >= 15 is 8.78 Å². The lowest BCUT2D eigenvalue weighted by molar-refractivity contribution is -0.231. The molecule has 0 amide bonds. The number of Topliss-reactive ketones (excluding diaryl/α,β-unsaturated/α-hetero) is 1. The first kappa shape index (κ1) is 25.5. The monoisotopic (exact) mass is 500 g/mol. The van der Waals surface area contributed by atoms with Crippen molar-refractivity contribution in [3.63, 3.8) is 0 Å². The molecule has 0 aromatic carbocycles. The summed E-state index contributed by atoms with van der Waals surface area (Å²) in [5, 5.41) is 21.0. The maximum Gasteiger partial charge on any atom is 0.306 e. The third-order valence-electron chi connectivity index (χ3n) is 9.35. The Balaban J connectivity index is 1.90. The predicted octanol–water partition coefficient (Wildman–Crippen LogP) is 3.37. The Bertz CT molecular complexity index is 1010. The van der Waals surface area contributed by atoms with E-state index in [1.165, 1.54) is 13.0 Å². The molecule has 0 saturated heterocycles. The maximum absolute atomic E-state index is 17.3. The summed E-state index contributed by atoms with van der Waals surface area (Å²) in [7, 11) is 0. The summed E-state index contributed by atoms with van der Waals surface area (Å²) in [5.41, 5.74) is -7.12. The van der Waals surface area contributed by atoms with E-state index in [0.717, 1.165) is 6.08 Å². The third-order valence-corrected chi connectivity index (χ3v) is 9.64. The van der Waals surface area contributed by atoms with Crippen LogP contribution in [0, 0.1) is 28.6 Å². The Labute approximate surface area is 202 Å². The van der Waals surface area contributed by atoms with Crippen molar-refractivity contribution < 1.29 is 38.1 Å². The highest BCUT2D eigenvalue weighted by Gasteiger charge is 2.78. The number of ether oxygens (including phenoxy) is 1. The number of alkyl halides is 2. The standard InChI is InChI=1S/C25H31ClF2O6/c1-5-21(33)34-25(20(32)11-29)12(2)6-13-14-7-17(27)15-8-18(30)16(26)9-22(15,3)24(14,28)19(31)10-23(13,25)4/h8-9,12-14,17,19,29,31H,5-7,10-11H2,1-4H3/t12-,13+,14+,17+,19+,22+,23+,24+,25+/m1/s1. The van der Waals surface area contributed by atoms with Crippen molar-refractivity contribution in [2.75, 3.05) is 6.61 Å². The number of allylic oxidation sites excluding steroid dienone is 4. The van der Waals surface area contributed by atoms with Crippen LogP contribution in [0.4, 0.5) is 8.78 Å². The molecule has 3 fully saturated rings. The van der Waals surface area contributed by atoms with Gasteiger partial charge in [-0.3, -0.25) is 14.4 Å². The van der Waals surface area contributed by atoms with Crippen LogP contribution in [0.3, 0.4) is 0 Å². The Morgan fingerprint density at radius 1 is 1.26 bits per heavy atom. The lowest BCUT2D eigenvalue weighted by Crippen LogP contribution is -2.71. The second kappa shape index (κ2) is 7.93. The predicted molar refractivity (Wildman–Crippen MR) is 119 cm³/mol. The van der Waals surface area contributed by atoms with Gasteiger partial charge in [-0.25, -0.2) is 8.78 Å². The molecule has 9 atom stereocenters. The second-order valence-corrected chi connectivity index (χ2v) is 11.2. The van der Waals surface area contributed by atoms with Crippen LogP contribution in [0.1, 0.15) is 53.4 Å². The maximum atomic E-state index is 17.3. The van der Waals surface area contributed by atoms with Crippen molar-refractivity contribution in [2.45, 2.75) is 76.9 Å². The zero-order valence-corrected chi connectivity index (χ0v) is 20.5. The highest BCUT2D eigenvalue weighted by Crippen LogP contribution is 2.71. The molecule has 4 aliphatic rings. The van der Waals surface area contributed by atoms with Gasteiger partial charge in [-0.05, 0) is 49.8 Å². The topological polar surface area (TPSA) is 101 Å². The number of halogens is 3. The first-order chi connectivity index (χ1) is 15.7. The molecule has 4 rings (SSSR count). The number of aliphatic hydroxyl groups is 2. The lowest BCUT2D eigenvalue weighted by atomic mass is 9.44. The van der Waals surface area contributed by atoms with Crippen LogP contribution in [0.25, 0.3) is 0 Å². The van der Waals surface area contributed by atoms with Crippen LogP contribution >= 0.6 is 11.6 Å². The van der Waals surface area contributed by atoms with Crippen LogP contribution in [-0.2, 0) is 19.1 Å². The van der Waals surface area contributed by atoms with Gasteiger partial charge in [0, 0.05) is 29.1 Å². The number of hydrogen-bond donors (Lipinski definition) is 2. The van der Waals surface area contributed by atoms with Gasteiger partial charge in [0.25, 0.3) is 0 Å². The van der Waals surface area contributed by atoms with Gasteiger partial charge >= 0.3 is 5.97 Å². The summed E-state index contributed by atoms with van der Waals surface area (Å²) in [6, 6.07) is 0. The number of fused-ring (bicyclic) bond motifs is 5. The van der Waals surface area contributed by atoms with Gasteiger partial charge in [-0.1, -0.05) is 32.4 Å². The fraction of sp³-hybridized carbons (Fsp3) is 0.720. The summed E-state index contributed by atoms with van der Waals surface area (Å²) in [6.45, 7) is 5.49. The van der Waals surface area contributed by atoms with Crippen LogP contribution in [0.5, 0.6) is 0 Å². The first-order valence-corrected chi connectivity index (χ1v) is 12.1. The number of hydrogen-bond acceptors (Lipinski definition) is 6. The van der Waals surface area contributed by atoms with Crippen molar-refractivity contribution in [1.29, 1.82) is 0 Å². The molecule has 6 nitrogen and oxygen atoms in total. The molecule has 0 aliphatic heterocycles. The minimum absolute atomic E-state index is 0.0109. The van der Waals surface area contributed by atoms with Gasteiger partial charge in [-0.15, -0.1) is 0 Å². The normalized spacial score (nSPS) is 47.7. The van der Waals surface area contributed by atoms with E-state index in [-0.39, 0.29) is 36.3 Å². The molecule has 0 aromatic heterocycles. The van der Waals surface area contributed by atoms with E-state index in [1.54, 1.807) is 20.8 Å². The molecule has 4 aliphatic carbocycles. The summed E-state index contributed by atoms with van der Waals surface area (Å²) >= 11 is 6.07. The van der Waals surface area contributed by atoms with Gasteiger partial charge in [0.15, 0.2) is 17.1 Å². The Kier molecular flexibility index (Phi) is 5.94. The number of carbonyl (C=O) groups is 3. The van der Waals surface area contributed by atoms with E-state index < -0.39 is 76.3 Å². The Morgan fingerprint density at radius 2 is 1.91 bits per heavy atom. The molecule has 0 aromatic rings. The van der Waals surface area contributed by atoms with Crippen molar-refractivity contribution in [2.24, 2.45) is 28.6 Å². The molecule has 0 spiro atoms. The molecular weight excluding hydrogens is 470 g/mol. The molecule has 34 heavy (non-hydrogen) atoms. The van der Waals surface area contributed by atoms with Crippen LogP contribution < -0.4 is 0 Å². The quantitative estimate of drug-likeness (QED) is 0.574. The van der Waals surface area contributed by atoms with E-state index in [1.807, 2.05) is 0 Å². The smallest absolute Gasteiger partial charge is 0.306 e. The summed E-state index contributed by atoms with van der Waals surface area (Å²) in [6.07, 6.45) is -1.42. The van der Waals surface area contributed by atoms with E-state index in [4.69, 9.17) is 16.3 Å². The van der Waals surface area contributed by atoms with Crippen LogP contribution in [0.15, 0.2) is 22.8 Å². The molecule has 0 radical (unpaired) electrons. The van der Waals surface area contributed by atoms with Crippen molar-refractivity contribution in [3.8, 4) is 0 Å². The molecule has 0 unspecified atom stereocenters. The largest absolute Gasteiger partial charge is 0.450 e. The molecule has 9 heteroatoms. The van der Waals surface area contributed by atoms with Crippen molar-refractivity contribution >= 4 is 29.1 Å². The third kappa shape index (κ3) is 2.88. The van der Waals surface area contributed by atoms with Crippen LogP contribution in [-0.4, -0.2) is 57.9 Å². The molecule has 0 bridgehead atoms. The average molecular weight is 501 g/mol. The number of aliphatic hydroxyl groups excluding tert-OH is 2. The van der Waals surface area contributed by atoms with E-state index in [9.17, 15) is 24.6 Å². The van der Waals surface area contributed by atoms with E-state index in [0.29, 0.717) is 0 Å². The average Bonchev–Trinajstić information content (AvgIpc) is 2.99. The highest BCUT2D eigenvalue weighted by atomic mass is 35.5. The number of esters is 1. The molecule has 2 N–H and O–H groups in total. The zero-order chi connectivity index (χ0) is 25.4. The Morgan fingerprint density at radius 3 is 2.50 bits per heavy atom. The Hall–Kier alpha value is -1.64. The fourth-order valence-corrected chi connectivity index (χ4v) is 8.09. The first-order valence-electron chi connectivity index (χ1n) is 11.8. The zero-order valence-electron chi connectivity index (χ0n) is 19.7. The van der Waals surface area contributed by atoms with Crippen molar-refractivity contribution in [3.05, 3.63) is 22.8 Å². The summed E-state index contributed by atoms with van der Waals surface area (Å²) in [4.78, 5) is 37.8. The summed E-state index contributed by atoms with van der Waals surface area (Å²) < 4.78 is 38.6. The van der Waals surface area contributed by atoms with Gasteiger partial charge in [0.2, 0.25) is 5.78 Å². The number of carbonyl (C=O) groups excluding carboxylic acids is 3. The molecule has 3 saturated carbocycles. The van der Waals surface area contributed by atoms with Gasteiger partial charge < -0.3 is 14.9 Å². The van der Waals surface area contributed by atoms with E-state index in [2.05, 4.69) is 0 Å². The van der Waals surface area contributed by atoms with Crippen LogP contribution in [0.2, 0.25) is 0 Å². The summed E-state index contributed by atoms with van der Waals surface area (Å²) in [5.74, 6) is -4.26. The molecular formula is C25H31ClF2O6. The van der Waals surface area contributed by atoms with Gasteiger partial charge in [-0.2, -0.15) is 0 Å². The minimum atomic E-state index is -2.38. The highest BCUT2D eigenvalue weighted by molar-refractivity contribution is 6.44. The minimum Gasteiger partial charge on any atom is -0.450 e. The molecule has 188 valence electrons. The SMILES string of the molecule is CCC(=O)O[C@]1(C(=O)CO)[C@H](C)C[C@H]2[C@@H]3C[C@H](F)C4=CC(=O)C(Cl)=C[C@]4(C)[C@@]3(F)[C@@H](O)C[C@@]21C. The fourth-order valence-electron chi connectivity index (χ4n) is 7.82.